The minimum atomic E-state index is -3.45. The number of nitrogens with zero attached hydrogens (tertiary/aromatic N) is 2. The standard InChI is InChI=1S/C12H26N2O3S/c1-5-13(10-12(3,4)15)18(16,17)14-9-7-6-8-11(14)2/h11,15H,5-10H2,1-4H3. The summed E-state index contributed by atoms with van der Waals surface area (Å²) in [6, 6.07) is 0.0552. The van der Waals surface area contributed by atoms with Crippen molar-refractivity contribution in [3.05, 3.63) is 0 Å². The van der Waals surface area contributed by atoms with Crippen molar-refractivity contribution in [3.8, 4) is 0 Å². The number of hydrogen-bond acceptors (Lipinski definition) is 3. The van der Waals surface area contributed by atoms with Crippen molar-refractivity contribution in [1.82, 2.24) is 8.61 Å². The summed E-state index contributed by atoms with van der Waals surface area (Å²) in [5.74, 6) is 0. The molecule has 1 rings (SSSR count). The van der Waals surface area contributed by atoms with Gasteiger partial charge in [0.15, 0.2) is 0 Å². The molecule has 0 spiro atoms. The van der Waals surface area contributed by atoms with Gasteiger partial charge in [0.2, 0.25) is 0 Å². The van der Waals surface area contributed by atoms with Crippen LogP contribution < -0.4 is 0 Å². The first kappa shape index (κ1) is 15.9. The zero-order valence-electron chi connectivity index (χ0n) is 11.9. The maximum atomic E-state index is 12.5. The molecule has 0 aliphatic carbocycles. The van der Waals surface area contributed by atoms with Crippen LogP contribution in [-0.4, -0.2) is 53.4 Å². The van der Waals surface area contributed by atoms with Crippen LogP contribution in [0.3, 0.4) is 0 Å². The molecule has 108 valence electrons. The third-order valence-corrected chi connectivity index (χ3v) is 5.46. The molecule has 1 aliphatic heterocycles. The highest BCUT2D eigenvalue weighted by Gasteiger charge is 2.35. The van der Waals surface area contributed by atoms with Crippen LogP contribution in [0.15, 0.2) is 0 Å². The van der Waals surface area contributed by atoms with Crippen LogP contribution in [0.5, 0.6) is 0 Å². The van der Waals surface area contributed by atoms with Crippen LogP contribution in [0, 0.1) is 0 Å². The van der Waals surface area contributed by atoms with Crippen LogP contribution in [0.1, 0.15) is 47.0 Å². The highest BCUT2D eigenvalue weighted by atomic mass is 32.2. The molecular formula is C12H26N2O3S. The molecule has 1 aliphatic rings. The first-order valence-electron chi connectivity index (χ1n) is 6.68. The molecule has 0 saturated carbocycles. The lowest BCUT2D eigenvalue weighted by Gasteiger charge is -2.37. The molecule has 1 N–H and O–H groups in total. The lowest BCUT2D eigenvalue weighted by atomic mass is 10.1. The monoisotopic (exact) mass is 278 g/mol. The Bertz CT molecular complexity index is 362. The largest absolute Gasteiger partial charge is 0.389 e. The molecule has 5 nitrogen and oxygen atoms in total. The fourth-order valence-electron chi connectivity index (χ4n) is 2.35. The highest BCUT2D eigenvalue weighted by Crippen LogP contribution is 2.23. The highest BCUT2D eigenvalue weighted by molar-refractivity contribution is 7.86. The topological polar surface area (TPSA) is 60.9 Å². The van der Waals surface area contributed by atoms with E-state index in [0.717, 1.165) is 19.3 Å². The van der Waals surface area contributed by atoms with Crippen LogP contribution in [0.2, 0.25) is 0 Å². The van der Waals surface area contributed by atoms with E-state index < -0.39 is 15.8 Å². The van der Waals surface area contributed by atoms with Crippen molar-refractivity contribution in [2.45, 2.75) is 58.6 Å². The van der Waals surface area contributed by atoms with E-state index in [-0.39, 0.29) is 12.6 Å². The molecule has 0 radical (unpaired) electrons. The van der Waals surface area contributed by atoms with Crippen molar-refractivity contribution < 1.29 is 13.5 Å². The summed E-state index contributed by atoms with van der Waals surface area (Å²) in [7, 11) is -3.45. The summed E-state index contributed by atoms with van der Waals surface area (Å²) in [6.45, 7) is 8.12. The smallest absolute Gasteiger partial charge is 0.282 e. The molecule has 0 aromatic rings. The Morgan fingerprint density at radius 1 is 1.39 bits per heavy atom. The average Bonchev–Trinajstić information content (AvgIpc) is 2.24. The summed E-state index contributed by atoms with van der Waals surface area (Å²) < 4.78 is 28.0. The molecular weight excluding hydrogens is 252 g/mol. The lowest BCUT2D eigenvalue weighted by Crippen LogP contribution is -2.52. The Labute approximate surface area is 111 Å². The molecule has 18 heavy (non-hydrogen) atoms. The van der Waals surface area contributed by atoms with E-state index >= 15 is 0 Å². The van der Waals surface area contributed by atoms with Gasteiger partial charge in [-0.25, -0.2) is 0 Å². The minimum Gasteiger partial charge on any atom is -0.389 e. The van der Waals surface area contributed by atoms with E-state index in [9.17, 15) is 13.5 Å². The van der Waals surface area contributed by atoms with Gasteiger partial charge in [0.1, 0.15) is 0 Å². The Morgan fingerprint density at radius 3 is 2.44 bits per heavy atom. The third kappa shape index (κ3) is 3.91. The molecule has 1 heterocycles. The van der Waals surface area contributed by atoms with Crippen LogP contribution in [0.25, 0.3) is 0 Å². The fourth-order valence-corrected chi connectivity index (χ4v) is 4.37. The van der Waals surface area contributed by atoms with Gasteiger partial charge in [0, 0.05) is 25.7 Å². The van der Waals surface area contributed by atoms with E-state index in [1.165, 1.54) is 4.31 Å². The summed E-state index contributed by atoms with van der Waals surface area (Å²) in [5, 5.41) is 9.82. The number of likely N-dealkylation sites (N-methyl/N-ethyl adjacent to an activating group) is 1. The molecule has 0 bridgehead atoms. The second-order valence-electron chi connectivity index (χ2n) is 5.70. The molecule has 6 heteroatoms. The van der Waals surface area contributed by atoms with Gasteiger partial charge < -0.3 is 5.11 Å². The van der Waals surface area contributed by atoms with Gasteiger partial charge in [0.05, 0.1) is 5.60 Å². The van der Waals surface area contributed by atoms with Gasteiger partial charge in [-0.15, -0.1) is 0 Å². The van der Waals surface area contributed by atoms with Gasteiger partial charge >= 0.3 is 0 Å². The number of hydrogen-bond donors (Lipinski definition) is 1. The Hall–Kier alpha value is -0.170. The third-order valence-electron chi connectivity index (χ3n) is 3.28. The predicted octanol–water partition coefficient (Wildman–Crippen LogP) is 1.20. The van der Waals surface area contributed by atoms with Gasteiger partial charge in [-0.05, 0) is 33.6 Å². The van der Waals surface area contributed by atoms with Crippen molar-refractivity contribution in [2.24, 2.45) is 0 Å². The SMILES string of the molecule is CCN(CC(C)(C)O)S(=O)(=O)N1CCCCC1C. The zero-order chi connectivity index (χ0) is 14.0. The quantitative estimate of drug-likeness (QED) is 0.822. The molecule has 0 aromatic carbocycles. The maximum Gasteiger partial charge on any atom is 0.282 e. The van der Waals surface area contributed by atoms with Crippen molar-refractivity contribution >= 4 is 10.2 Å². The summed E-state index contributed by atoms with van der Waals surface area (Å²) in [4.78, 5) is 0. The second kappa shape index (κ2) is 5.86. The van der Waals surface area contributed by atoms with E-state index in [0.29, 0.717) is 13.1 Å². The maximum absolute atomic E-state index is 12.5. The van der Waals surface area contributed by atoms with E-state index in [1.807, 2.05) is 6.92 Å². The molecule has 1 atom stereocenters. The zero-order valence-corrected chi connectivity index (χ0v) is 12.7. The van der Waals surface area contributed by atoms with E-state index in [1.54, 1.807) is 25.1 Å². The Balaban J connectivity index is 2.88. The van der Waals surface area contributed by atoms with Gasteiger partial charge in [-0.3, -0.25) is 0 Å². The summed E-state index contributed by atoms with van der Waals surface area (Å²) >= 11 is 0. The van der Waals surface area contributed by atoms with Gasteiger partial charge in [-0.2, -0.15) is 17.0 Å². The molecule has 0 aromatic heterocycles. The van der Waals surface area contributed by atoms with Crippen LogP contribution in [-0.2, 0) is 10.2 Å². The summed E-state index contributed by atoms with van der Waals surface area (Å²) in [6.07, 6.45) is 2.92. The first-order valence-corrected chi connectivity index (χ1v) is 8.07. The van der Waals surface area contributed by atoms with Gasteiger partial charge in [-0.1, -0.05) is 13.3 Å². The number of rotatable bonds is 5. The molecule has 0 amide bonds. The molecule has 1 unspecified atom stereocenters. The normalized spacial score (nSPS) is 23.6. The molecule has 1 saturated heterocycles. The Morgan fingerprint density at radius 2 is 2.00 bits per heavy atom. The molecule has 1 fully saturated rings. The van der Waals surface area contributed by atoms with Crippen molar-refractivity contribution in [3.63, 3.8) is 0 Å². The van der Waals surface area contributed by atoms with Crippen molar-refractivity contribution in [2.75, 3.05) is 19.6 Å². The van der Waals surface area contributed by atoms with Crippen LogP contribution in [0.4, 0.5) is 0 Å². The van der Waals surface area contributed by atoms with Crippen molar-refractivity contribution in [1.29, 1.82) is 0 Å². The second-order valence-corrected chi connectivity index (χ2v) is 7.58. The summed E-state index contributed by atoms with van der Waals surface area (Å²) in [5.41, 5.74) is -1.01. The number of piperidine rings is 1. The number of aliphatic hydroxyl groups is 1. The average molecular weight is 278 g/mol. The fraction of sp³-hybridized carbons (Fsp3) is 1.00. The predicted molar refractivity (Wildman–Crippen MR) is 72.5 cm³/mol. The lowest BCUT2D eigenvalue weighted by molar-refractivity contribution is 0.0575. The van der Waals surface area contributed by atoms with Gasteiger partial charge in [0.25, 0.3) is 10.2 Å². The van der Waals surface area contributed by atoms with E-state index in [2.05, 4.69) is 0 Å². The minimum absolute atomic E-state index is 0.0552. The van der Waals surface area contributed by atoms with Crippen LogP contribution >= 0.6 is 0 Å². The Kier molecular flexibility index (Phi) is 5.17. The van der Waals surface area contributed by atoms with E-state index in [4.69, 9.17) is 0 Å². The first-order chi connectivity index (χ1) is 8.18.